The third-order valence-corrected chi connectivity index (χ3v) is 7.28. The normalized spacial score (nSPS) is 20.6. The predicted molar refractivity (Wildman–Crippen MR) is 153 cm³/mol. The minimum absolute atomic E-state index is 0.214. The van der Waals surface area contributed by atoms with E-state index in [0.717, 1.165) is 31.1 Å². The average Bonchev–Trinajstić information content (AvgIpc) is 3.64. The predicted octanol–water partition coefficient (Wildman–Crippen LogP) is 8.14. The summed E-state index contributed by atoms with van der Waals surface area (Å²) in [6.45, 7) is 19.6. The van der Waals surface area contributed by atoms with Gasteiger partial charge in [-0.15, -0.1) is 0 Å². The number of hydrogen-bond donors (Lipinski definition) is 0. The van der Waals surface area contributed by atoms with Gasteiger partial charge in [0.15, 0.2) is 0 Å². The molecule has 0 radical (unpaired) electrons. The molecule has 2 saturated carbocycles. The van der Waals surface area contributed by atoms with Crippen molar-refractivity contribution in [2.45, 2.75) is 112 Å². The number of carbonyl (C=O) groups excluding carboxylic acids is 1. The fourth-order valence-electron chi connectivity index (χ4n) is 4.89. The quantitative estimate of drug-likeness (QED) is 0.250. The first kappa shape index (κ1) is 30.2. The molecule has 5 nitrogen and oxygen atoms in total. The topological polar surface area (TPSA) is 45.1 Å². The van der Waals surface area contributed by atoms with Crippen molar-refractivity contribution in [2.24, 2.45) is 16.8 Å². The number of nitrogens with zero attached hydrogens (tertiary/aromatic N) is 3. The molecule has 5 heteroatoms. The van der Waals surface area contributed by atoms with Crippen LogP contribution >= 0.6 is 0 Å². The molecule has 1 amide bonds. The second-order valence-corrected chi connectivity index (χ2v) is 11.5. The molecule has 1 aliphatic heterocycles. The van der Waals surface area contributed by atoms with Crippen molar-refractivity contribution in [3.05, 3.63) is 35.2 Å². The van der Waals surface area contributed by atoms with Crippen LogP contribution in [0.1, 0.15) is 107 Å². The summed E-state index contributed by atoms with van der Waals surface area (Å²) in [7, 11) is 0. The Morgan fingerprint density at radius 3 is 2.03 bits per heavy atom. The minimum Gasteiger partial charge on any atom is -0.444 e. The highest BCUT2D eigenvalue weighted by molar-refractivity contribution is 6.03. The number of ether oxygens (including phenoxy) is 1. The van der Waals surface area contributed by atoms with Gasteiger partial charge in [-0.1, -0.05) is 58.1 Å². The zero-order valence-electron chi connectivity index (χ0n) is 24.5. The van der Waals surface area contributed by atoms with Crippen molar-refractivity contribution >= 4 is 11.8 Å². The van der Waals surface area contributed by atoms with E-state index in [-0.39, 0.29) is 6.09 Å². The molecule has 0 spiro atoms. The molecule has 0 unspecified atom stereocenters. The largest absolute Gasteiger partial charge is 0.444 e. The van der Waals surface area contributed by atoms with Crippen molar-refractivity contribution in [3.8, 4) is 0 Å². The molecule has 0 atom stereocenters. The third kappa shape index (κ3) is 9.78. The molecule has 204 valence electrons. The van der Waals surface area contributed by atoms with Crippen LogP contribution in [0.25, 0.3) is 0 Å². The molecule has 3 fully saturated rings. The number of piperazine rings is 1. The summed E-state index contributed by atoms with van der Waals surface area (Å²) in [4.78, 5) is 21.3. The van der Waals surface area contributed by atoms with Gasteiger partial charge in [0.25, 0.3) is 0 Å². The Balaban J connectivity index is 0.000000558. The molecule has 0 aromatic carbocycles. The van der Waals surface area contributed by atoms with Crippen LogP contribution < -0.4 is 0 Å². The Hall–Kier alpha value is -2.04. The van der Waals surface area contributed by atoms with E-state index in [2.05, 4.69) is 51.7 Å². The van der Waals surface area contributed by atoms with Crippen LogP contribution in [0.5, 0.6) is 0 Å². The van der Waals surface area contributed by atoms with Crippen LogP contribution in [-0.2, 0) is 4.74 Å². The van der Waals surface area contributed by atoms with E-state index >= 15 is 0 Å². The number of hydrogen-bond acceptors (Lipinski definition) is 4. The Bertz CT molecular complexity index is 815. The van der Waals surface area contributed by atoms with Crippen molar-refractivity contribution in [1.29, 1.82) is 0 Å². The summed E-state index contributed by atoms with van der Waals surface area (Å²) in [6, 6.07) is 0. The summed E-state index contributed by atoms with van der Waals surface area (Å²) in [6.07, 6.45) is 17.0. The van der Waals surface area contributed by atoms with Gasteiger partial charge in [-0.3, -0.25) is 4.99 Å². The zero-order chi connectivity index (χ0) is 26.7. The molecule has 36 heavy (non-hydrogen) atoms. The second kappa shape index (κ2) is 14.6. The van der Waals surface area contributed by atoms with E-state index in [9.17, 15) is 4.79 Å². The number of amides is 1. The molecule has 3 aliphatic rings. The molecular formula is C31H53N3O2. The average molecular weight is 500 g/mol. The van der Waals surface area contributed by atoms with E-state index < -0.39 is 5.60 Å². The Kier molecular flexibility index (Phi) is 12.3. The summed E-state index contributed by atoms with van der Waals surface area (Å²) >= 11 is 0. The van der Waals surface area contributed by atoms with E-state index in [4.69, 9.17) is 9.73 Å². The van der Waals surface area contributed by atoms with E-state index in [1.807, 2.05) is 31.9 Å². The van der Waals surface area contributed by atoms with Crippen molar-refractivity contribution < 1.29 is 9.53 Å². The highest BCUT2D eigenvalue weighted by Crippen LogP contribution is 2.41. The summed E-state index contributed by atoms with van der Waals surface area (Å²) in [5, 5.41) is 0. The van der Waals surface area contributed by atoms with Crippen LogP contribution in [0.15, 0.2) is 40.2 Å². The molecule has 1 saturated heterocycles. The van der Waals surface area contributed by atoms with Gasteiger partial charge in [0.1, 0.15) is 5.60 Å². The Labute approximate surface area is 221 Å². The summed E-state index contributed by atoms with van der Waals surface area (Å²) < 4.78 is 5.53. The van der Waals surface area contributed by atoms with Gasteiger partial charge in [-0.25, -0.2) is 4.79 Å². The molecule has 3 rings (SSSR count). The number of allylic oxidation sites excluding steroid dienone is 5. The van der Waals surface area contributed by atoms with Gasteiger partial charge in [0.2, 0.25) is 0 Å². The van der Waals surface area contributed by atoms with Crippen LogP contribution in [-0.4, -0.2) is 53.4 Å². The molecule has 0 bridgehead atoms. The van der Waals surface area contributed by atoms with Gasteiger partial charge in [0, 0.05) is 49.4 Å². The molecule has 1 heterocycles. The van der Waals surface area contributed by atoms with Crippen molar-refractivity contribution in [3.63, 3.8) is 0 Å². The van der Waals surface area contributed by atoms with E-state index in [0.29, 0.717) is 19.0 Å². The first-order valence-corrected chi connectivity index (χ1v) is 14.4. The zero-order valence-corrected chi connectivity index (χ0v) is 24.5. The van der Waals surface area contributed by atoms with Crippen molar-refractivity contribution in [1.82, 2.24) is 9.80 Å². The van der Waals surface area contributed by atoms with Gasteiger partial charge < -0.3 is 14.5 Å². The molecule has 0 aromatic rings. The minimum atomic E-state index is -0.456. The standard InChI is InChI=1S/C24H39N3O2.C7H14/c1-8-10-13-25-18(3)22(21(9-2)20-11-12-20)19(4)26-14-16-27(17-15-26)23(28)29-24(5,6)7;1-2-4-7-5-3-6-7/h9-10,13,20H,8,11-12,14-17H2,1-7H3;7H,2-6H2,1H3/b13-10+,21-9-,22-19-,25-18+;. The molecule has 0 N–H and O–H groups in total. The first-order chi connectivity index (χ1) is 17.1. The summed E-state index contributed by atoms with van der Waals surface area (Å²) in [5.74, 6) is 1.79. The fourth-order valence-corrected chi connectivity index (χ4v) is 4.89. The maximum atomic E-state index is 12.4. The lowest BCUT2D eigenvalue weighted by Crippen LogP contribution is -2.49. The van der Waals surface area contributed by atoms with Crippen LogP contribution in [0.2, 0.25) is 0 Å². The van der Waals surface area contributed by atoms with Crippen molar-refractivity contribution in [2.75, 3.05) is 26.2 Å². The number of carbonyl (C=O) groups is 1. The second-order valence-electron chi connectivity index (χ2n) is 11.5. The van der Waals surface area contributed by atoms with Gasteiger partial charge in [-0.05, 0) is 78.2 Å². The van der Waals surface area contributed by atoms with E-state index in [1.54, 1.807) is 0 Å². The first-order valence-electron chi connectivity index (χ1n) is 14.4. The fraction of sp³-hybridized carbons (Fsp3) is 0.742. The van der Waals surface area contributed by atoms with Crippen LogP contribution in [0, 0.1) is 11.8 Å². The number of rotatable bonds is 8. The lowest BCUT2D eigenvalue weighted by molar-refractivity contribution is 0.0168. The molecular weight excluding hydrogens is 446 g/mol. The van der Waals surface area contributed by atoms with Crippen LogP contribution in [0.4, 0.5) is 4.79 Å². The lowest BCUT2D eigenvalue weighted by Gasteiger charge is -2.38. The smallest absolute Gasteiger partial charge is 0.410 e. The van der Waals surface area contributed by atoms with E-state index in [1.165, 1.54) is 61.8 Å². The highest BCUT2D eigenvalue weighted by atomic mass is 16.6. The third-order valence-electron chi connectivity index (χ3n) is 7.28. The highest BCUT2D eigenvalue weighted by Gasteiger charge is 2.32. The van der Waals surface area contributed by atoms with Gasteiger partial charge in [-0.2, -0.15) is 0 Å². The Morgan fingerprint density at radius 2 is 1.61 bits per heavy atom. The monoisotopic (exact) mass is 499 g/mol. The SMILES string of the molecule is CCCC1CCC1.C\C=C(C(/C(C)=N/C=C/CC)=C(/C)N1CCN(C(=O)OC(C)(C)C)CC1)\C1CC1. The maximum absolute atomic E-state index is 12.4. The summed E-state index contributed by atoms with van der Waals surface area (Å²) in [5.41, 5.74) is 4.58. The van der Waals surface area contributed by atoms with Gasteiger partial charge in [0.05, 0.1) is 0 Å². The number of aliphatic imine (C=N–C) groups is 1. The Morgan fingerprint density at radius 1 is 1.00 bits per heavy atom. The van der Waals surface area contributed by atoms with Crippen LogP contribution in [0.3, 0.4) is 0 Å². The molecule has 2 aliphatic carbocycles. The molecule has 0 aromatic heterocycles. The maximum Gasteiger partial charge on any atom is 0.410 e. The van der Waals surface area contributed by atoms with Gasteiger partial charge >= 0.3 is 6.09 Å². The lowest BCUT2D eigenvalue weighted by atomic mass is 9.82.